The molecule has 30 heavy (non-hydrogen) atoms. The Morgan fingerprint density at radius 3 is 2.73 bits per heavy atom. The Balaban J connectivity index is 1.45. The third kappa shape index (κ3) is 3.50. The Labute approximate surface area is 175 Å². The number of hydrogen-bond acceptors (Lipinski definition) is 7. The van der Waals surface area contributed by atoms with Gasteiger partial charge in [-0.25, -0.2) is 0 Å². The Morgan fingerprint density at radius 1 is 1.17 bits per heavy atom. The summed E-state index contributed by atoms with van der Waals surface area (Å²) in [5.41, 5.74) is 1.36. The predicted octanol–water partition coefficient (Wildman–Crippen LogP) is 2.62. The van der Waals surface area contributed by atoms with Crippen LogP contribution in [0.4, 0.5) is 5.69 Å². The third-order valence-electron chi connectivity index (χ3n) is 4.87. The van der Waals surface area contributed by atoms with Crippen molar-refractivity contribution in [1.82, 2.24) is 19.2 Å². The van der Waals surface area contributed by atoms with E-state index in [2.05, 4.69) is 15.5 Å². The van der Waals surface area contributed by atoms with Gasteiger partial charge < -0.3 is 14.8 Å². The molecule has 1 aromatic carbocycles. The maximum Gasteiger partial charge on any atom is 0.272 e. The van der Waals surface area contributed by atoms with Crippen molar-refractivity contribution in [1.29, 1.82) is 0 Å². The van der Waals surface area contributed by atoms with Crippen molar-refractivity contribution in [3.8, 4) is 11.5 Å². The van der Waals surface area contributed by atoms with Crippen molar-refractivity contribution in [3.63, 3.8) is 0 Å². The monoisotopic (exact) mass is 427 g/mol. The molecule has 4 aromatic rings. The fourth-order valence-electron chi connectivity index (χ4n) is 3.36. The summed E-state index contributed by atoms with van der Waals surface area (Å²) in [6.07, 6.45) is 1.47. The van der Waals surface area contributed by atoms with Gasteiger partial charge in [0.1, 0.15) is 10.5 Å². The number of amides is 1. The largest absolute Gasteiger partial charge is 0.493 e. The second-order valence-corrected chi connectivity index (χ2v) is 7.64. The molecule has 0 radical (unpaired) electrons. The maximum absolute atomic E-state index is 12.4. The summed E-state index contributed by atoms with van der Waals surface area (Å²) in [4.78, 5) is 24.8. The highest BCUT2D eigenvalue weighted by molar-refractivity contribution is 7.17. The van der Waals surface area contributed by atoms with Crippen LogP contribution in [-0.2, 0) is 18.3 Å². The lowest BCUT2D eigenvalue weighted by Gasteiger charge is -2.10. The van der Waals surface area contributed by atoms with E-state index in [-0.39, 0.29) is 11.5 Å². The van der Waals surface area contributed by atoms with Gasteiger partial charge in [-0.15, -0.1) is 21.5 Å². The van der Waals surface area contributed by atoms with Gasteiger partial charge in [0.25, 0.3) is 5.56 Å². The molecule has 0 aliphatic heterocycles. The fourth-order valence-corrected chi connectivity index (χ4v) is 4.21. The molecule has 0 aliphatic carbocycles. The van der Waals surface area contributed by atoms with E-state index in [1.54, 1.807) is 39.5 Å². The molecule has 0 spiro atoms. The van der Waals surface area contributed by atoms with E-state index in [9.17, 15) is 9.59 Å². The molecule has 156 valence electrons. The Morgan fingerprint density at radius 2 is 1.97 bits per heavy atom. The van der Waals surface area contributed by atoms with Gasteiger partial charge in [0.05, 0.1) is 19.7 Å². The van der Waals surface area contributed by atoms with Crippen LogP contribution in [0.25, 0.3) is 16.0 Å². The Hall–Kier alpha value is -3.40. The molecule has 0 atom stereocenters. The molecule has 1 amide bonds. The summed E-state index contributed by atoms with van der Waals surface area (Å²) >= 11 is 1.40. The van der Waals surface area contributed by atoms with E-state index < -0.39 is 0 Å². The first kappa shape index (κ1) is 19.9. The highest BCUT2D eigenvalue weighted by atomic mass is 32.1. The predicted molar refractivity (Wildman–Crippen MR) is 115 cm³/mol. The molecule has 9 nitrogen and oxygen atoms in total. The van der Waals surface area contributed by atoms with Gasteiger partial charge >= 0.3 is 0 Å². The van der Waals surface area contributed by atoms with E-state index >= 15 is 0 Å². The van der Waals surface area contributed by atoms with E-state index in [4.69, 9.17) is 9.47 Å². The quantitative estimate of drug-likeness (QED) is 0.487. The van der Waals surface area contributed by atoms with E-state index in [0.717, 1.165) is 11.3 Å². The number of aryl methyl sites for hydroxylation is 2. The number of nitrogens with one attached hydrogen (secondary N) is 1. The number of ether oxygens (including phenoxy) is 2. The highest BCUT2D eigenvalue weighted by Gasteiger charge is 2.16. The molecule has 3 aromatic heterocycles. The standard InChI is InChI=1S/C20H21N5O4S/c1-24-19(27)18-13(9-10-30-18)25-16(22-23-20(24)25)5-4-6-17(26)21-12-7-8-14(28-2)15(11-12)29-3/h7-11H,4-6H2,1-3H3,(H,21,26). The summed E-state index contributed by atoms with van der Waals surface area (Å²) in [5, 5.41) is 13.2. The van der Waals surface area contributed by atoms with Crippen LogP contribution in [0.2, 0.25) is 0 Å². The molecule has 0 fully saturated rings. The number of carbonyl (C=O) groups is 1. The third-order valence-corrected chi connectivity index (χ3v) is 5.76. The van der Waals surface area contributed by atoms with Crippen LogP contribution >= 0.6 is 11.3 Å². The zero-order valence-corrected chi connectivity index (χ0v) is 17.7. The van der Waals surface area contributed by atoms with Crippen molar-refractivity contribution in [2.24, 2.45) is 7.05 Å². The molecule has 0 saturated carbocycles. The average Bonchev–Trinajstić information content (AvgIpc) is 3.39. The Kier molecular flexibility index (Phi) is 5.40. The molecular formula is C20H21N5O4S. The topological polar surface area (TPSA) is 99.7 Å². The number of rotatable bonds is 7. The van der Waals surface area contributed by atoms with Crippen molar-refractivity contribution < 1.29 is 14.3 Å². The van der Waals surface area contributed by atoms with Crippen molar-refractivity contribution in [3.05, 3.63) is 45.8 Å². The van der Waals surface area contributed by atoms with Gasteiger partial charge in [0.2, 0.25) is 11.7 Å². The molecule has 0 unspecified atom stereocenters. The van der Waals surface area contributed by atoms with Crippen LogP contribution in [0.15, 0.2) is 34.4 Å². The molecule has 0 aliphatic rings. The summed E-state index contributed by atoms with van der Waals surface area (Å²) < 4.78 is 14.5. The van der Waals surface area contributed by atoms with Gasteiger partial charge in [0.15, 0.2) is 11.5 Å². The number of benzene rings is 1. The summed E-state index contributed by atoms with van der Waals surface area (Å²) in [6.45, 7) is 0. The zero-order chi connectivity index (χ0) is 21.3. The second-order valence-electron chi connectivity index (χ2n) is 6.72. The van der Waals surface area contributed by atoms with Crippen molar-refractivity contribution in [2.45, 2.75) is 19.3 Å². The first-order valence-corrected chi connectivity index (χ1v) is 10.2. The lowest BCUT2D eigenvalue weighted by atomic mass is 10.2. The van der Waals surface area contributed by atoms with Gasteiger partial charge in [-0.1, -0.05) is 0 Å². The lowest BCUT2D eigenvalue weighted by molar-refractivity contribution is -0.116. The molecule has 0 saturated heterocycles. The van der Waals surface area contributed by atoms with Gasteiger partial charge in [-0.2, -0.15) is 0 Å². The van der Waals surface area contributed by atoms with Gasteiger partial charge in [-0.3, -0.25) is 18.6 Å². The van der Waals surface area contributed by atoms with E-state index in [1.165, 1.54) is 15.9 Å². The summed E-state index contributed by atoms with van der Waals surface area (Å²) in [6, 6.07) is 7.12. The normalized spacial score (nSPS) is 11.2. The van der Waals surface area contributed by atoms with Crippen molar-refractivity contribution in [2.75, 3.05) is 19.5 Å². The number of nitrogens with zero attached hydrogens (tertiary/aromatic N) is 4. The second kappa shape index (κ2) is 8.15. The zero-order valence-electron chi connectivity index (χ0n) is 16.8. The molecular weight excluding hydrogens is 406 g/mol. The average molecular weight is 427 g/mol. The van der Waals surface area contributed by atoms with Crippen LogP contribution in [0.5, 0.6) is 11.5 Å². The van der Waals surface area contributed by atoms with Crippen LogP contribution in [0.1, 0.15) is 18.7 Å². The van der Waals surface area contributed by atoms with Crippen molar-refractivity contribution >= 4 is 38.9 Å². The number of anilines is 1. The minimum Gasteiger partial charge on any atom is -0.493 e. The molecule has 0 bridgehead atoms. The van der Waals surface area contributed by atoms with Crippen LogP contribution < -0.4 is 20.3 Å². The van der Waals surface area contributed by atoms with E-state index in [1.807, 2.05) is 15.8 Å². The van der Waals surface area contributed by atoms with Gasteiger partial charge in [-0.05, 0) is 30.0 Å². The summed E-state index contributed by atoms with van der Waals surface area (Å²) in [5.74, 6) is 2.27. The molecule has 10 heteroatoms. The lowest BCUT2D eigenvalue weighted by Crippen LogP contribution is -2.19. The number of thiophene rings is 1. The van der Waals surface area contributed by atoms with Crippen LogP contribution in [-0.4, -0.2) is 39.3 Å². The minimum absolute atomic E-state index is 0.0826. The number of fused-ring (bicyclic) bond motifs is 3. The minimum atomic E-state index is -0.107. The molecule has 4 rings (SSSR count). The maximum atomic E-state index is 12.4. The SMILES string of the molecule is COc1ccc(NC(=O)CCCc2nnc3n(C)c(=O)c4sccc4n23)cc1OC. The number of aromatic nitrogens is 4. The summed E-state index contributed by atoms with van der Waals surface area (Å²) in [7, 11) is 4.80. The first-order valence-electron chi connectivity index (χ1n) is 9.35. The Bertz CT molecular complexity index is 1290. The number of carbonyl (C=O) groups excluding carboxylic acids is 1. The number of hydrogen-bond donors (Lipinski definition) is 1. The highest BCUT2D eigenvalue weighted by Crippen LogP contribution is 2.29. The van der Waals surface area contributed by atoms with Crippen LogP contribution in [0, 0.1) is 0 Å². The molecule has 3 heterocycles. The smallest absolute Gasteiger partial charge is 0.272 e. The van der Waals surface area contributed by atoms with Crippen LogP contribution in [0.3, 0.4) is 0 Å². The first-order chi connectivity index (χ1) is 14.5. The molecule has 1 N–H and O–H groups in total. The van der Waals surface area contributed by atoms with E-state index in [0.29, 0.717) is 46.9 Å². The fraction of sp³-hybridized carbons (Fsp3) is 0.300. The van der Waals surface area contributed by atoms with Gasteiger partial charge in [0, 0.05) is 31.6 Å². The number of methoxy groups -OCH3 is 2.